The van der Waals surface area contributed by atoms with Crippen LogP contribution >= 0.6 is 0 Å². The molecule has 0 unspecified atom stereocenters. The van der Waals surface area contributed by atoms with Gasteiger partial charge in [-0.05, 0) is 13.8 Å². The molecule has 2 rings (SSSR count). The van der Waals surface area contributed by atoms with E-state index in [0.717, 1.165) is 0 Å². The molecule has 21 heavy (non-hydrogen) atoms. The SMILES string of the molecule is CCn1cc(S(=O)(=O)Nc2ncc(C(F)(F)F)[nH]2)nc1C. The maximum atomic E-state index is 12.4. The number of nitrogens with one attached hydrogen (secondary N) is 2. The molecule has 0 bridgehead atoms. The first kappa shape index (κ1) is 15.4. The van der Waals surface area contributed by atoms with Gasteiger partial charge in [-0.25, -0.2) is 14.7 Å². The van der Waals surface area contributed by atoms with Crippen molar-refractivity contribution in [1.82, 2.24) is 19.5 Å². The molecule has 2 aromatic heterocycles. The van der Waals surface area contributed by atoms with Gasteiger partial charge in [0, 0.05) is 12.7 Å². The number of alkyl halides is 3. The van der Waals surface area contributed by atoms with Gasteiger partial charge in [0.05, 0.1) is 6.20 Å². The standard InChI is InChI=1S/C10H12F3N5O2S/c1-3-18-5-8(15-6(18)2)21(19,20)17-9-14-4-7(16-9)10(11,12)13/h4-5H,3H2,1-2H3,(H2,14,16,17). The van der Waals surface area contributed by atoms with Crippen LogP contribution in [0.25, 0.3) is 0 Å². The van der Waals surface area contributed by atoms with Crippen molar-refractivity contribution in [1.29, 1.82) is 0 Å². The number of halogens is 3. The smallest absolute Gasteiger partial charge is 0.334 e. The number of anilines is 1. The Morgan fingerprint density at radius 3 is 2.57 bits per heavy atom. The molecule has 0 atom stereocenters. The lowest BCUT2D eigenvalue weighted by atomic mass is 10.5. The van der Waals surface area contributed by atoms with Gasteiger partial charge < -0.3 is 9.55 Å². The molecule has 2 aromatic rings. The largest absolute Gasteiger partial charge is 0.432 e. The number of aromatic amines is 1. The molecule has 0 aromatic carbocycles. The van der Waals surface area contributed by atoms with Crippen LogP contribution in [0.2, 0.25) is 0 Å². The summed E-state index contributed by atoms with van der Waals surface area (Å²) in [5.41, 5.74) is -1.14. The van der Waals surface area contributed by atoms with E-state index in [2.05, 4.69) is 9.97 Å². The molecule has 0 aliphatic heterocycles. The molecule has 0 radical (unpaired) electrons. The third-order valence-electron chi connectivity index (χ3n) is 2.68. The average Bonchev–Trinajstić information content (AvgIpc) is 2.94. The van der Waals surface area contributed by atoms with Crippen LogP contribution in [0.15, 0.2) is 17.4 Å². The van der Waals surface area contributed by atoms with Crippen LogP contribution in [0, 0.1) is 6.92 Å². The predicted octanol–water partition coefficient (Wildman–Crippen LogP) is 1.75. The second-order valence-electron chi connectivity index (χ2n) is 4.16. The first-order valence-electron chi connectivity index (χ1n) is 5.82. The highest BCUT2D eigenvalue weighted by Gasteiger charge is 2.33. The van der Waals surface area contributed by atoms with Gasteiger partial charge in [-0.1, -0.05) is 0 Å². The van der Waals surface area contributed by atoms with E-state index in [1.54, 1.807) is 18.4 Å². The van der Waals surface area contributed by atoms with Gasteiger partial charge in [-0.15, -0.1) is 0 Å². The maximum Gasteiger partial charge on any atom is 0.432 e. The molecule has 0 saturated heterocycles. The number of aryl methyl sites for hydroxylation is 2. The van der Waals surface area contributed by atoms with Crippen LogP contribution in [-0.2, 0) is 22.7 Å². The van der Waals surface area contributed by atoms with E-state index in [-0.39, 0.29) is 5.03 Å². The topological polar surface area (TPSA) is 92.7 Å². The van der Waals surface area contributed by atoms with E-state index in [0.29, 0.717) is 18.6 Å². The summed E-state index contributed by atoms with van der Waals surface area (Å²) in [6.45, 7) is 3.95. The first-order chi connectivity index (χ1) is 9.63. The average molecular weight is 323 g/mol. The van der Waals surface area contributed by atoms with Crippen molar-refractivity contribution < 1.29 is 21.6 Å². The van der Waals surface area contributed by atoms with Crippen LogP contribution in [0.5, 0.6) is 0 Å². The van der Waals surface area contributed by atoms with E-state index < -0.39 is 27.8 Å². The zero-order chi connectivity index (χ0) is 15.8. The summed E-state index contributed by atoms with van der Waals surface area (Å²) in [7, 11) is -4.10. The van der Waals surface area contributed by atoms with Crippen molar-refractivity contribution in [3.63, 3.8) is 0 Å². The van der Waals surface area contributed by atoms with Gasteiger partial charge in [-0.2, -0.15) is 21.6 Å². The molecule has 0 amide bonds. The molecule has 116 valence electrons. The summed E-state index contributed by atoms with van der Waals surface area (Å²) >= 11 is 0. The van der Waals surface area contributed by atoms with E-state index in [1.165, 1.54) is 6.20 Å². The minimum absolute atomic E-state index is 0.285. The van der Waals surface area contributed by atoms with Gasteiger partial charge in [-0.3, -0.25) is 0 Å². The fraction of sp³-hybridized carbons (Fsp3) is 0.400. The van der Waals surface area contributed by atoms with Gasteiger partial charge in [0.1, 0.15) is 11.5 Å². The third kappa shape index (κ3) is 3.17. The molecule has 7 nitrogen and oxygen atoms in total. The summed E-state index contributed by atoms with van der Waals surface area (Å²) in [5, 5.41) is -0.285. The zero-order valence-electron chi connectivity index (χ0n) is 11.1. The Balaban J connectivity index is 2.27. The molecule has 2 N–H and O–H groups in total. The molecule has 0 saturated carbocycles. The van der Waals surface area contributed by atoms with E-state index >= 15 is 0 Å². The predicted molar refractivity (Wildman–Crippen MR) is 67.0 cm³/mol. The van der Waals surface area contributed by atoms with Crippen LogP contribution in [0.3, 0.4) is 0 Å². The second kappa shape index (κ2) is 5.06. The van der Waals surface area contributed by atoms with Gasteiger partial charge in [0.15, 0.2) is 5.03 Å². The number of imidazole rings is 2. The van der Waals surface area contributed by atoms with Crippen molar-refractivity contribution in [2.75, 3.05) is 4.72 Å². The monoisotopic (exact) mass is 323 g/mol. The normalized spacial score (nSPS) is 12.6. The lowest BCUT2D eigenvalue weighted by Crippen LogP contribution is -2.15. The second-order valence-corrected chi connectivity index (χ2v) is 5.79. The zero-order valence-corrected chi connectivity index (χ0v) is 11.9. The Morgan fingerprint density at radius 1 is 1.43 bits per heavy atom. The molecule has 11 heteroatoms. The quantitative estimate of drug-likeness (QED) is 0.896. The summed E-state index contributed by atoms with van der Waals surface area (Å²) in [6.07, 6.45) is -2.82. The van der Waals surface area contributed by atoms with Crippen molar-refractivity contribution in [2.24, 2.45) is 0 Å². The highest BCUT2D eigenvalue weighted by atomic mass is 32.2. The minimum Gasteiger partial charge on any atom is -0.334 e. The Hall–Kier alpha value is -2.04. The van der Waals surface area contributed by atoms with Crippen molar-refractivity contribution in [2.45, 2.75) is 31.6 Å². The summed E-state index contributed by atoms with van der Waals surface area (Å²) in [5.74, 6) is -0.0423. The van der Waals surface area contributed by atoms with Crippen LogP contribution in [0.4, 0.5) is 19.1 Å². The molecule has 0 aliphatic rings. The number of nitrogens with zero attached hydrogens (tertiary/aromatic N) is 3. The van der Waals surface area contributed by atoms with Crippen LogP contribution in [0.1, 0.15) is 18.4 Å². The Bertz CT molecular complexity index is 747. The lowest BCUT2D eigenvalue weighted by molar-refractivity contribution is -0.140. The number of hydrogen-bond acceptors (Lipinski definition) is 4. The van der Waals surface area contributed by atoms with Gasteiger partial charge in [0.2, 0.25) is 5.95 Å². The molecule has 2 heterocycles. The van der Waals surface area contributed by atoms with Gasteiger partial charge in [0.25, 0.3) is 10.0 Å². The number of H-pyrrole nitrogens is 1. The van der Waals surface area contributed by atoms with Crippen molar-refractivity contribution in [3.05, 3.63) is 23.9 Å². The van der Waals surface area contributed by atoms with Crippen molar-refractivity contribution >= 4 is 16.0 Å². The van der Waals surface area contributed by atoms with Gasteiger partial charge >= 0.3 is 6.18 Å². The number of hydrogen-bond donors (Lipinski definition) is 2. The molecule has 0 spiro atoms. The van der Waals surface area contributed by atoms with Crippen LogP contribution < -0.4 is 4.72 Å². The molecule has 0 fully saturated rings. The first-order valence-corrected chi connectivity index (χ1v) is 7.30. The molecular formula is C10H12F3N5O2S. The summed E-state index contributed by atoms with van der Waals surface area (Å²) in [4.78, 5) is 9.05. The fourth-order valence-corrected chi connectivity index (χ4v) is 2.61. The summed E-state index contributed by atoms with van der Waals surface area (Å²) < 4.78 is 64.7. The molecule has 0 aliphatic carbocycles. The lowest BCUT2D eigenvalue weighted by Gasteiger charge is -2.03. The van der Waals surface area contributed by atoms with E-state index in [4.69, 9.17) is 0 Å². The highest BCUT2D eigenvalue weighted by Crippen LogP contribution is 2.28. The van der Waals surface area contributed by atoms with Crippen molar-refractivity contribution in [3.8, 4) is 0 Å². The minimum atomic E-state index is -4.63. The van der Waals surface area contributed by atoms with E-state index in [1.807, 2.05) is 9.71 Å². The van der Waals surface area contributed by atoms with E-state index in [9.17, 15) is 21.6 Å². The third-order valence-corrected chi connectivity index (χ3v) is 3.89. The summed E-state index contributed by atoms with van der Waals surface area (Å²) in [6, 6.07) is 0. The number of sulfonamides is 1. The molecular weight excluding hydrogens is 311 g/mol. The fourth-order valence-electron chi connectivity index (χ4n) is 1.63. The maximum absolute atomic E-state index is 12.4. The number of rotatable bonds is 4. The highest BCUT2D eigenvalue weighted by molar-refractivity contribution is 7.92. The Kier molecular flexibility index (Phi) is 3.70. The van der Waals surface area contributed by atoms with Crippen LogP contribution in [-0.4, -0.2) is 27.9 Å². The number of aromatic nitrogens is 4. The Morgan fingerprint density at radius 2 is 2.10 bits per heavy atom. The Labute approximate surface area is 118 Å².